The third kappa shape index (κ3) is 2.69. The zero-order valence-corrected chi connectivity index (χ0v) is 15.1. The van der Waals surface area contributed by atoms with Crippen molar-refractivity contribution in [3.8, 4) is 0 Å². The van der Waals surface area contributed by atoms with Crippen LogP contribution >= 0.6 is 31.9 Å². The number of aromatic nitrogens is 1. The fraction of sp³-hybridized carbons (Fsp3) is 0.312. The van der Waals surface area contributed by atoms with E-state index in [1.165, 1.54) is 16.8 Å². The zero-order valence-electron chi connectivity index (χ0n) is 12.0. The molecular weight excluding hydrogens is 396 g/mol. The van der Waals surface area contributed by atoms with E-state index in [1.54, 1.807) is 0 Å². The molecular formula is C16H16Br2N2O. The number of carbonyl (C=O) groups is 1. The number of nitrogens with zero attached hydrogens (tertiary/aromatic N) is 1. The Morgan fingerprint density at radius 3 is 2.76 bits per heavy atom. The highest BCUT2D eigenvalue weighted by Gasteiger charge is 2.26. The third-order valence-corrected chi connectivity index (χ3v) is 5.96. The summed E-state index contributed by atoms with van der Waals surface area (Å²) in [6, 6.07) is 5.99. The summed E-state index contributed by atoms with van der Waals surface area (Å²) in [5.74, 6) is 0.113. The normalized spacial score (nSPS) is 14.2. The smallest absolute Gasteiger partial charge is 0.254 e. The molecule has 2 heterocycles. The van der Waals surface area contributed by atoms with Gasteiger partial charge in [-0.25, -0.2) is 0 Å². The predicted molar refractivity (Wildman–Crippen MR) is 90.6 cm³/mol. The first-order valence-corrected chi connectivity index (χ1v) is 8.47. The molecule has 1 aliphatic heterocycles. The van der Waals surface area contributed by atoms with Gasteiger partial charge in [0, 0.05) is 36.3 Å². The van der Waals surface area contributed by atoms with Crippen molar-refractivity contribution in [1.82, 2.24) is 9.88 Å². The van der Waals surface area contributed by atoms with E-state index >= 15 is 0 Å². The molecule has 1 aromatic carbocycles. The minimum Gasteiger partial charge on any atom is -0.352 e. The van der Waals surface area contributed by atoms with Gasteiger partial charge < -0.3 is 9.88 Å². The van der Waals surface area contributed by atoms with Crippen molar-refractivity contribution in [1.29, 1.82) is 0 Å². The van der Waals surface area contributed by atoms with Crippen LogP contribution < -0.4 is 0 Å². The highest BCUT2D eigenvalue weighted by Crippen LogP contribution is 2.33. The van der Waals surface area contributed by atoms with E-state index < -0.39 is 0 Å². The largest absolute Gasteiger partial charge is 0.352 e. The Hall–Kier alpha value is -1.07. The van der Waals surface area contributed by atoms with Crippen molar-refractivity contribution in [2.75, 3.05) is 6.54 Å². The number of fused-ring (bicyclic) bond motifs is 1. The Labute approximate surface area is 141 Å². The molecule has 1 amide bonds. The Morgan fingerprint density at radius 2 is 2.05 bits per heavy atom. The second-order valence-corrected chi connectivity index (χ2v) is 7.09. The maximum atomic E-state index is 12.7. The first kappa shape index (κ1) is 14.9. The molecule has 0 bridgehead atoms. The highest BCUT2D eigenvalue weighted by molar-refractivity contribution is 9.13. The third-order valence-electron chi connectivity index (χ3n) is 3.96. The van der Waals surface area contributed by atoms with Crippen molar-refractivity contribution < 1.29 is 4.79 Å². The molecule has 0 spiro atoms. The maximum Gasteiger partial charge on any atom is 0.254 e. The van der Waals surface area contributed by atoms with Crippen LogP contribution in [0.3, 0.4) is 0 Å². The van der Waals surface area contributed by atoms with E-state index in [2.05, 4.69) is 42.9 Å². The van der Waals surface area contributed by atoms with Gasteiger partial charge in [-0.15, -0.1) is 0 Å². The molecule has 5 heteroatoms. The number of rotatable bonds is 1. The van der Waals surface area contributed by atoms with E-state index in [-0.39, 0.29) is 5.91 Å². The maximum absolute atomic E-state index is 12.7. The summed E-state index contributed by atoms with van der Waals surface area (Å²) < 4.78 is 1.98. The van der Waals surface area contributed by atoms with Crippen LogP contribution in [0.5, 0.6) is 0 Å². The van der Waals surface area contributed by atoms with Crippen LogP contribution in [0.2, 0.25) is 0 Å². The van der Waals surface area contributed by atoms with Crippen LogP contribution in [0.4, 0.5) is 0 Å². The van der Waals surface area contributed by atoms with Gasteiger partial charge in [0.05, 0.1) is 9.08 Å². The van der Waals surface area contributed by atoms with E-state index in [1.807, 2.05) is 30.9 Å². The Bertz CT molecular complexity index is 721. The monoisotopic (exact) mass is 410 g/mol. The molecule has 0 radical (unpaired) electrons. The summed E-state index contributed by atoms with van der Waals surface area (Å²) in [5.41, 5.74) is 5.40. The number of benzene rings is 1. The van der Waals surface area contributed by atoms with Crippen molar-refractivity contribution >= 4 is 37.8 Å². The summed E-state index contributed by atoms with van der Waals surface area (Å²) >= 11 is 7.07. The molecule has 110 valence electrons. The molecule has 0 saturated carbocycles. The van der Waals surface area contributed by atoms with Gasteiger partial charge in [0.15, 0.2) is 0 Å². The van der Waals surface area contributed by atoms with Crippen molar-refractivity contribution in [3.63, 3.8) is 0 Å². The number of amides is 1. The quantitative estimate of drug-likeness (QED) is 0.743. The summed E-state index contributed by atoms with van der Waals surface area (Å²) in [7, 11) is 0. The standard InChI is InChI=1S/C16H16Br2N2O/c1-9-3-4-11(10(2)7-9)16(21)20-6-5-13-12(8-20)14(17)15(18)19-13/h3-4,7,19H,5-6,8H2,1-2H3. The molecule has 2 aromatic rings. The lowest BCUT2D eigenvalue weighted by molar-refractivity contribution is 0.0733. The first-order chi connectivity index (χ1) is 9.97. The van der Waals surface area contributed by atoms with E-state index in [0.29, 0.717) is 6.54 Å². The van der Waals surface area contributed by atoms with Gasteiger partial charge in [-0.3, -0.25) is 4.79 Å². The number of carbonyl (C=O) groups excluding carboxylic acids is 1. The van der Waals surface area contributed by atoms with Crippen LogP contribution in [-0.2, 0) is 13.0 Å². The van der Waals surface area contributed by atoms with Gasteiger partial charge in [0.2, 0.25) is 0 Å². The second-order valence-electron chi connectivity index (χ2n) is 5.51. The Morgan fingerprint density at radius 1 is 1.29 bits per heavy atom. The lowest BCUT2D eigenvalue weighted by Crippen LogP contribution is -2.36. The van der Waals surface area contributed by atoms with Crippen molar-refractivity contribution in [2.45, 2.75) is 26.8 Å². The minimum atomic E-state index is 0.113. The molecule has 0 fully saturated rings. The average molecular weight is 412 g/mol. The topological polar surface area (TPSA) is 36.1 Å². The Kier molecular flexibility index (Phi) is 3.97. The van der Waals surface area contributed by atoms with E-state index in [0.717, 1.165) is 33.2 Å². The number of halogens is 2. The fourth-order valence-corrected chi connectivity index (χ4v) is 3.76. The summed E-state index contributed by atoms with van der Waals surface area (Å²) in [6.45, 7) is 5.43. The number of aryl methyl sites for hydroxylation is 2. The second kappa shape index (κ2) is 5.61. The Balaban J connectivity index is 1.88. The molecule has 0 atom stereocenters. The van der Waals surface area contributed by atoms with E-state index in [9.17, 15) is 4.79 Å². The van der Waals surface area contributed by atoms with Gasteiger partial charge in [-0.05, 0) is 57.3 Å². The lowest BCUT2D eigenvalue weighted by atomic mass is 10.0. The number of aromatic amines is 1. The van der Waals surface area contributed by atoms with Crippen LogP contribution in [0, 0.1) is 13.8 Å². The number of hydrogen-bond acceptors (Lipinski definition) is 1. The van der Waals surface area contributed by atoms with Crippen LogP contribution in [0.25, 0.3) is 0 Å². The van der Waals surface area contributed by atoms with Crippen molar-refractivity contribution in [3.05, 3.63) is 55.2 Å². The van der Waals surface area contributed by atoms with Gasteiger partial charge >= 0.3 is 0 Å². The molecule has 0 aliphatic carbocycles. The first-order valence-electron chi connectivity index (χ1n) is 6.88. The summed E-state index contributed by atoms with van der Waals surface area (Å²) in [4.78, 5) is 18.0. The number of nitrogens with one attached hydrogen (secondary N) is 1. The van der Waals surface area contributed by atoms with Gasteiger partial charge in [-0.2, -0.15) is 0 Å². The molecule has 3 rings (SSSR count). The SMILES string of the molecule is Cc1ccc(C(=O)N2CCc3[nH]c(Br)c(Br)c3C2)c(C)c1. The molecule has 21 heavy (non-hydrogen) atoms. The molecule has 1 aliphatic rings. The average Bonchev–Trinajstić information content (AvgIpc) is 2.73. The highest BCUT2D eigenvalue weighted by atomic mass is 79.9. The van der Waals surface area contributed by atoms with E-state index in [4.69, 9.17) is 0 Å². The molecule has 1 aromatic heterocycles. The molecule has 0 unspecified atom stereocenters. The molecule has 0 saturated heterocycles. The summed E-state index contributed by atoms with van der Waals surface area (Å²) in [6.07, 6.45) is 0.857. The zero-order chi connectivity index (χ0) is 15.1. The number of H-pyrrole nitrogens is 1. The van der Waals surface area contributed by atoms with Crippen LogP contribution in [-0.4, -0.2) is 22.3 Å². The number of hydrogen-bond donors (Lipinski definition) is 1. The van der Waals surface area contributed by atoms with Crippen molar-refractivity contribution in [2.24, 2.45) is 0 Å². The molecule has 3 nitrogen and oxygen atoms in total. The lowest BCUT2D eigenvalue weighted by Gasteiger charge is -2.28. The summed E-state index contributed by atoms with van der Waals surface area (Å²) in [5, 5.41) is 0. The van der Waals surface area contributed by atoms with Crippen LogP contribution in [0.1, 0.15) is 32.7 Å². The van der Waals surface area contributed by atoms with Gasteiger partial charge in [0.25, 0.3) is 5.91 Å². The van der Waals surface area contributed by atoms with Crippen LogP contribution in [0.15, 0.2) is 27.3 Å². The molecule has 1 N–H and O–H groups in total. The predicted octanol–water partition coefficient (Wildman–Crippen LogP) is 4.36. The fourth-order valence-electron chi connectivity index (χ4n) is 2.82. The van der Waals surface area contributed by atoms with Gasteiger partial charge in [-0.1, -0.05) is 17.7 Å². The minimum absolute atomic E-state index is 0.113. The van der Waals surface area contributed by atoms with Gasteiger partial charge in [0.1, 0.15) is 0 Å².